The molecule has 2 aromatic heterocycles. The minimum Gasteiger partial charge on any atom is -0.443 e. The Morgan fingerprint density at radius 1 is 1.53 bits per heavy atom. The number of aromatic nitrogens is 3. The molecule has 5 nitrogen and oxygen atoms in total. The van der Waals surface area contributed by atoms with E-state index in [1.807, 2.05) is 24.6 Å². The number of nitrogens with zero attached hydrogens (tertiary/aromatic N) is 3. The van der Waals surface area contributed by atoms with Gasteiger partial charge in [0, 0.05) is 18.8 Å². The van der Waals surface area contributed by atoms with Crippen molar-refractivity contribution in [3.63, 3.8) is 0 Å². The zero-order valence-corrected chi connectivity index (χ0v) is 8.90. The Kier molecular flexibility index (Phi) is 2.55. The van der Waals surface area contributed by atoms with Crippen molar-refractivity contribution < 1.29 is 4.42 Å². The largest absolute Gasteiger partial charge is 0.443 e. The van der Waals surface area contributed by atoms with E-state index >= 15 is 0 Å². The Labute approximate surface area is 87.9 Å². The van der Waals surface area contributed by atoms with Crippen LogP contribution in [0.25, 0.3) is 11.6 Å². The zero-order valence-electron chi connectivity index (χ0n) is 8.90. The molecule has 0 saturated carbocycles. The van der Waals surface area contributed by atoms with E-state index in [1.54, 1.807) is 6.26 Å². The highest BCUT2D eigenvalue weighted by molar-refractivity contribution is 5.47. The van der Waals surface area contributed by atoms with Gasteiger partial charge in [0.25, 0.3) is 0 Å². The van der Waals surface area contributed by atoms with Gasteiger partial charge in [0.05, 0.1) is 5.69 Å². The third-order valence-corrected chi connectivity index (χ3v) is 2.26. The monoisotopic (exact) mass is 206 g/mol. The maximum Gasteiger partial charge on any atom is 0.247 e. The van der Waals surface area contributed by atoms with Crippen LogP contribution < -0.4 is 5.73 Å². The van der Waals surface area contributed by atoms with E-state index in [2.05, 4.69) is 10.1 Å². The fourth-order valence-electron chi connectivity index (χ4n) is 1.45. The Bertz CT molecular complexity index is 458. The summed E-state index contributed by atoms with van der Waals surface area (Å²) in [6.45, 7) is 5.28. The molecule has 0 aliphatic heterocycles. The lowest BCUT2D eigenvalue weighted by molar-refractivity contribution is 0.565. The molecule has 0 aliphatic rings. The second-order valence-corrected chi connectivity index (χ2v) is 3.33. The van der Waals surface area contributed by atoms with Crippen LogP contribution in [-0.2, 0) is 13.1 Å². The highest BCUT2D eigenvalue weighted by Crippen LogP contribution is 2.18. The molecule has 2 heterocycles. The van der Waals surface area contributed by atoms with E-state index in [9.17, 15) is 0 Å². The van der Waals surface area contributed by atoms with Crippen molar-refractivity contribution in [3.8, 4) is 11.6 Å². The molecule has 0 aromatic carbocycles. The van der Waals surface area contributed by atoms with Crippen molar-refractivity contribution in [2.45, 2.75) is 26.9 Å². The maximum absolute atomic E-state index is 5.45. The van der Waals surface area contributed by atoms with Crippen molar-refractivity contribution in [1.82, 2.24) is 14.8 Å². The van der Waals surface area contributed by atoms with E-state index < -0.39 is 0 Å². The normalized spacial score (nSPS) is 10.9. The molecule has 0 amide bonds. The summed E-state index contributed by atoms with van der Waals surface area (Å²) in [5, 5.41) is 4.37. The lowest BCUT2D eigenvalue weighted by Crippen LogP contribution is -1.98. The van der Waals surface area contributed by atoms with Crippen LogP contribution >= 0.6 is 0 Å². The lowest BCUT2D eigenvalue weighted by Gasteiger charge is -1.95. The van der Waals surface area contributed by atoms with E-state index in [4.69, 9.17) is 10.2 Å². The van der Waals surface area contributed by atoms with Crippen molar-refractivity contribution in [1.29, 1.82) is 0 Å². The maximum atomic E-state index is 5.45. The van der Waals surface area contributed by atoms with Gasteiger partial charge in [-0.1, -0.05) is 0 Å². The molecule has 0 saturated heterocycles. The molecule has 2 rings (SSSR count). The first-order chi connectivity index (χ1) is 7.24. The lowest BCUT2D eigenvalue weighted by atomic mass is 10.4. The van der Waals surface area contributed by atoms with Gasteiger partial charge in [-0.25, -0.2) is 4.98 Å². The third kappa shape index (κ3) is 1.78. The van der Waals surface area contributed by atoms with Crippen molar-refractivity contribution in [2.75, 3.05) is 0 Å². The van der Waals surface area contributed by atoms with Crippen LogP contribution in [0.5, 0.6) is 0 Å². The standard InChI is InChI=1S/C10H14N4O/c1-3-14-7(2)4-9(13-14)10-12-8(5-11)6-15-10/h4,6H,3,5,11H2,1-2H3. The second-order valence-electron chi connectivity index (χ2n) is 3.33. The number of aryl methyl sites for hydroxylation is 2. The van der Waals surface area contributed by atoms with Crippen LogP contribution in [0.4, 0.5) is 0 Å². The Morgan fingerprint density at radius 3 is 2.87 bits per heavy atom. The average Bonchev–Trinajstić information content (AvgIpc) is 2.83. The topological polar surface area (TPSA) is 69.9 Å². The minimum atomic E-state index is 0.386. The van der Waals surface area contributed by atoms with Crippen LogP contribution in [-0.4, -0.2) is 14.8 Å². The predicted molar refractivity (Wildman–Crippen MR) is 56.0 cm³/mol. The summed E-state index contributed by atoms with van der Waals surface area (Å²) in [7, 11) is 0. The summed E-state index contributed by atoms with van der Waals surface area (Å²) in [6.07, 6.45) is 1.57. The number of hydrogen-bond donors (Lipinski definition) is 1. The molecule has 15 heavy (non-hydrogen) atoms. The summed E-state index contributed by atoms with van der Waals surface area (Å²) in [5.41, 5.74) is 8.05. The molecule has 0 radical (unpaired) electrons. The van der Waals surface area contributed by atoms with Gasteiger partial charge in [-0.15, -0.1) is 0 Å². The first kappa shape index (κ1) is 9.92. The Morgan fingerprint density at radius 2 is 2.33 bits per heavy atom. The quantitative estimate of drug-likeness (QED) is 0.822. The fraction of sp³-hybridized carbons (Fsp3) is 0.400. The molecule has 2 aromatic rings. The Balaban J connectivity index is 2.36. The molecule has 80 valence electrons. The average molecular weight is 206 g/mol. The highest BCUT2D eigenvalue weighted by atomic mass is 16.3. The van der Waals surface area contributed by atoms with E-state index in [-0.39, 0.29) is 0 Å². The molecule has 2 N–H and O–H groups in total. The van der Waals surface area contributed by atoms with E-state index in [0.717, 1.165) is 23.6 Å². The zero-order chi connectivity index (χ0) is 10.8. The molecular formula is C10H14N4O. The Hall–Kier alpha value is -1.62. The highest BCUT2D eigenvalue weighted by Gasteiger charge is 2.10. The van der Waals surface area contributed by atoms with E-state index in [0.29, 0.717) is 12.4 Å². The predicted octanol–water partition coefficient (Wildman–Crippen LogP) is 1.33. The molecule has 0 aliphatic carbocycles. The van der Waals surface area contributed by atoms with Gasteiger partial charge < -0.3 is 10.2 Å². The molecule has 0 unspecified atom stereocenters. The van der Waals surface area contributed by atoms with Crippen molar-refractivity contribution in [3.05, 3.63) is 23.7 Å². The summed E-state index contributed by atoms with van der Waals surface area (Å²) in [6, 6.07) is 1.95. The number of rotatable bonds is 3. The molecule has 0 bridgehead atoms. The molecule has 0 spiro atoms. The van der Waals surface area contributed by atoms with Gasteiger partial charge in [0.2, 0.25) is 5.89 Å². The second kappa shape index (κ2) is 3.86. The van der Waals surface area contributed by atoms with Gasteiger partial charge in [-0.05, 0) is 19.9 Å². The minimum absolute atomic E-state index is 0.386. The molecule has 5 heteroatoms. The van der Waals surface area contributed by atoms with Crippen LogP contribution in [0.1, 0.15) is 18.3 Å². The van der Waals surface area contributed by atoms with Gasteiger partial charge >= 0.3 is 0 Å². The van der Waals surface area contributed by atoms with Gasteiger partial charge in [-0.2, -0.15) is 5.10 Å². The van der Waals surface area contributed by atoms with Gasteiger partial charge in [0.1, 0.15) is 12.0 Å². The van der Waals surface area contributed by atoms with E-state index in [1.165, 1.54) is 0 Å². The van der Waals surface area contributed by atoms with Crippen LogP contribution in [0.15, 0.2) is 16.7 Å². The smallest absolute Gasteiger partial charge is 0.247 e. The molecular weight excluding hydrogens is 192 g/mol. The third-order valence-electron chi connectivity index (χ3n) is 2.26. The van der Waals surface area contributed by atoms with Crippen LogP contribution in [0, 0.1) is 6.92 Å². The first-order valence-corrected chi connectivity index (χ1v) is 4.94. The number of oxazole rings is 1. The van der Waals surface area contributed by atoms with Crippen LogP contribution in [0.3, 0.4) is 0 Å². The molecule has 0 fully saturated rings. The van der Waals surface area contributed by atoms with Gasteiger partial charge in [-0.3, -0.25) is 4.68 Å². The summed E-state index contributed by atoms with van der Waals surface area (Å²) < 4.78 is 7.19. The number of hydrogen-bond acceptors (Lipinski definition) is 4. The molecule has 0 atom stereocenters. The van der Waals surface area contributed by atoms with Crippen molar-refractivity contribution >= 4 is 0 Å². The van der Waals surface area contributed by atoms with Crippen LogP contribution in [0.2, 0.25) is 0 Å². The summed E-state index contributed by atoms with van der Waals surface area (Å²) in [5.74, 6) is 0.533. The number of nitrogens with two attached hydrogens (primary N) is 1. The summed E-state index contributed by atoms with van der Waals surface area (Å²) >= 11 is 0. The fourth-order valence-corrected chi connectivity index (χ4v) is 1.45. The van der Waals surface area contributed by atoms with Crippen molar-refractivity contribution in [2.24, 2.45) is 5.73 Å². The summed E-state index contributed by atoms with van der Waals surface area (Å²) in [4.78, 5) is 4.22. The first-order valence-electron chi connectivity index (χ1n) is 4.94. The SMILES string of the molecule is CCn1nc(-c2nc(CN)co2)cc1C. The van der Waals surface area contributed by atoms with Gasteiger partial charge in [0.15, 0.2) is 0 Å².